The Kier molecular flexibility index (Phi) is 7.11. The fourth-order valence-corrected chi connectivity index (χ4v) is 2.69. The molecule has 5 heteroatoms. The van der Waals surface area contributed by atoms with Crippen LogP contribution in [0.5, 0.6) is 0 Å². The highest BCUT2D eigenvalue weighted by Crippen LogP contribution is 2.18. The average Bonchev–Trinajstić information content (AvgIpc) is 2.33. The molecule has 1 aliphatic heterocycles. The summed E-state index contributed by atoms with van der Waals surface area (Å²) >= 11 is 0. The first-order chi connectivity index (χ1) is 8.58. The topological polar surface area (TPSA) is 62.0 Å². The third-order valence-electron chi connectivity index (χ3n) is 3.99. The van der Waals surface area contributed by atoms with Crippen LogP contribution < -0.4 is 5.73 Å². The average molecular weight is 259 g/mol. The van der Waals surface area contributed by atoms with Crippen LogP contribution in [-0.4, -0.2) is 81.0 Å². The summed E-state index contributed by atoms with van der Waals surface area (Å²) < 4.78 is 5.07. The highest BCUT2D eigenvalue weighted by Gasteiger charge is 2.25. The van der Waals surface area contributed by atoms with E-state index >= 15 is 0 Å². The number of methoxy groups -OCH3 is 1. The quantitative estimate of drug-likeness (QED) is 0.651. The van der Waals surface area contributed by atoms with Gasteiger partial charge in [-0.2, -0.15) is 0 Å². The summed E-state index contributed by atoms with van der Waals surface area (Å²) in [5.41, 5.74) is 6.03. The molecule has 0 radical (unpaired) electrons. The molecule has 0 aromatic rings. The molecule has 0 aliphatic carbocycles. The van der Waals surface area contributed by atoms with Gasteiger partial charge in [0.2, 0.25) is 0 Å². The van der Waals surface area contributed by atoms with E-state index in [2.05, 4.69) is 23.9 Å². The van der Waals surface area contributed by atoms with Gasteiger partial charge in [-0.1, -0.05) is 0 Å². The summed E-state index contributed by atoms with van der Waals surface area (Å²) in [6, 6.07) is -0.138. The summed E-state index contributed by atoms with van der Waals surface area (Å²) in [4.78, 5) is 4.57. The second-order valence-corrected chi connectivity index (χ2v) is 5.56. The molecule has 1 fully saturated rings. The first-order valence-electron chi connectivity index (χ1n) is 6.82. The summed E-state index contributed by atoms with van der Waals surface area (Å²) in [5.74, 6) is 0.718. The molecule has 2 unspecified atom stereocenters. The number of hydrogen-bond donors (Lipinski definition) is 2. The Morgan fingerprint density at radius 3 is 2.56 bits per heavy atom. The molecule has 0 aromatic heterocycles. The predicted molar refractivity (Wildman–Crippen MR) is 73.6 cm³/mol. The molecule has 1 aliphatic rings. The molecule has 1 heterocycles. The van der Waals surface area contributed by atoms with Crippen LogP contribution in [0.15, 0.2) is 0 Å². The number of nitrogens with zero attached hydrogens (tertiary/aromatic N) is 2. The zero-order valence-corrected chi connectivity index (χ0v) is 12.0. The molecule has 3 N–H and O–H groups in total. The number of aliphatic hydroxyl groups excluding tert-OH is 1. The molecule has 1 rings (SSSR count). The van der Waals surface area contributed by atoms with Crippen molar-refractivity contribution in [3.63, 3.8) is 0 Å². The number of rotatable bonds is 7. The number of ether oxygens (including phenoxy) is 1. The molecule has 2 atom stereocenters. The van der Waals surface area contributed by atoms with Crippen molar-refractivity contribution in [2.75, 3.05) is 54.1 Å². The lowest BCUT2D eigenvalue weighted by atomic mass is 9.95. The van der Waals surface area contributed by atoms with Gasteiger partial charge in [0.05, 0.1) is 13.2 Å². The van der Waals surface area contributed by atoms with Crippen molar-refractivity contribution in [2.45, 2.75) is 24.9 Å². The molecule has 18 heavy (non-hydrogen) atoms. The van der Waals surface area contributed by atoms with E-state index in [0.717, 1.165) is 12.5 Å². The molecular formula is C13H29N3O2. The van der Waals surface area contributed by atoms with Crippen molar-refractivity contribution in [3.05, 3.63) is 0 Å². The molecule has 108 valence electrons. The van der Waals surface area contributed by atoms with E-state index in [1.807, 2.05) is 0 Å². The summed E-state index contributed by atoms with van der Waals surface area (Å²) in [7, 11) is 5.87. The normalized spacial score (nSPS) is 22.3. The van der Waals surface area contributed by atoms with E-state index in [9.17, 15) is 5.11 Å². The van der Waals surface area contributed by atoms with Gasteiger partial charge in [0.15, 0.2) is 0 Å². The Bertz CT molecular complexity index is 220. The summed E-state index contributed by atoms with van der Waals surface area (Å²) in [6.07, 6.45) is 2.47. The van der Waals surface area contributed by atoms with Crippen LogP contribution in [0.1, 0.15) is 12.8 Å². The van der Waals surface area contributed by atoms with Crippen molar-refractivity contribution >= 4 is 0 Å². The van der Waals surface area contributed by atoms with E-state index in [4.69, 9.17) is 10.5 Å². The fourth-order valence-electron chi connectivity index (χ4n) is 2.69. The Hall–Kier alpha value is -0.200. The number of likely N-dealkylation sites (tertiary alicyclic amines) is 1. The van der Waals surface area contributed by atoms with Gasteiger partial charge < -0.3 is 20.5 Å². The fraction of sp³-hybridized carbons (Fsp3) is 1.00. The van der Waals surface area contributed by atoms with Crippen LogP contribution in [0.4, 0.5) is 0 Å². The Balaban J connectivity index is 2.39. The first-order valence-corrected chi connectivity index (χ1v) is 6.82. The van der Waals surface area contributed by atoms with E-state index in [1.165, 1.54) is 25.9 Å². The zero-order chi connectivity index (χ0) is 13.5. The molecule has 0 spiro atoms. The monoisotopic (exact) mass is 259 g/mol. The van der Waals surface area contributed by atoms with Gasteiger partial charge in [-0.3, -0.25) is 4.90 Å². The Labute approximate surface area is 111 Å². The number of nitrogens with two attached hydrogens (primary N) is 1. The van der Waals surface area contributed by atoms with Crippen molar-refractivity contribution in [3.8, 4) is 0 Å². The van der Waals surface area contributed by atoms with Gasteiger partial charge in [0.1, 0.15) is 0 Å². The summed E-state index contributed by atoms with van der Waals surface area (Å²) in [6.45, 7) is 3.94. The standard InChI is InChI=1S/C13H29N3O2/c1-15-6-4-11(5-7-15)8-16(2)13(9-17)12(14)10-18-3/h11-13,17H,4-10,14H2,1-3H3. The minimum Gasteiger partial charge on any atom is -0.395 e. The van der Waals surface area contributed by atoms with E-state index < -0.39 is 0 Å². The number of piperidine rings is 1. The maximum atomic E-state index is 9.48. The van der Waals surface area contributed by atoms with Gasteiger partial charge in [0, 0.05) is 25.7 Å². The van der Waals surface area contributed by atoms with Gasteiger partial charge in [-0.25, -0.2) is 0 Å². The van der Waals surface area contributed by atoms with Crippen LogP contribution >= 0.6 is 0 Å². The number of hydrogen-bond acceptors (Lipinski definition) is 5. The second kappa shape index (κ2) is 8.07. The van der Waals surface area contributed by atoms with E-state index in [0.29, 0.717) is 6.61 Å². The summed E-state index contributed by atoms with van der Waals surface area (Å²) in [5, 5.41) is 9.48. The van der Waals surface area contributed by atoms with Gasteiger partial charge in [0.25, 0.3) is 0 Å². The third-order valence-corrected chi connectivity index (χ3v) is 3.99. The smallest absolute Gasteiger partial charge is 0.0629 e. The first kappa shape index (κ1) is 15.9. The largest absolute Gasteiger partial charge is 0.395 e. The van der Waals surface area contributed by atoms with Crippen LogP contribution in [-0.2, 0) is 4.74 Å². The molecule has 0 bridgehead atoms. The minimum atomic E-state index is -0.128. The lowest BCUT2D eigenvalue weighted by molar-refractivity contribution is 0.0681. The lowest BCUT2D eigenvalue weighted by Crippen LogP contribution is -2.52. The lowest BCUT2D eigenvalue weighted by Gasteiger charge is -2.36. The Morgan fingerprint density at radius 2 is 2.06 bits per heavy atom. The van der Waals surface area contributed by atoms with E-state index in [-0.39, 0.29) is 18.7 Å². The SMILES string of the molecule is COCC(N)C(CO)N(C)CC1CCN(C)CC1. The molecular weight excluding hydrogens is 230 g/mol. The van der Waals surface area contributed by atoms with Gasteiger partial charge in [-0.05, 0) is 45.9 Å². The third kappa shape index (κ3) is 4.82. The van der Waals surface area contributed by atoms with Crippen LogP contribution in [0.2, 0.25) is 0 Å². The van der Waals surface area contributed by atoms with Crippen molar-refractivity contribution < 1.29 is 9.84 Å². The van der Waals surface area contributed by atoms with Crippen molar-refractivity contribution in [1.29, 1.82) is 0 Å². The van der Waals surface area contributed by atoms with E-state index in [1.54, 1.807) is 7.11 Å². The van der Waals surface area contributed by atoms with Crippen LogP contribution in [0, 0.1) is 5.92 Å². The molecule has 5 nitrogen and oxygen atoms in total. The highest BCUT2D eigenvalue weighted by atomic mass is 16.5. The maximum absolute atomic E-state index is 9.48. The molecule has 0 amide bonds. The Morgan fingerprint density at radius 1 is 1.44 bits per heavy atom. The van der Waals surface area contributed by atoms with Crippen molar-refractivity contribution in [2.24, 2.45) is 11.7 Å². The molecule has 0 saturated carbocycles. The predicted octanol–water partition coefficient (Wildman–Crippen LogP) is -0.405. The molecule has 0 aromatic carbocycles. The van der Waals surface area contributed by atoms with Gasteiger partial charge >= 0.3 is 0 Å². The second-order valence-electron chi connectivity index (χ2n) is 5.56. The maximum Gasteiger partial charge on any atom is 0.0629 e. The minimum absolute atomic E-state index is 0.00962. The van der Waals surface area contributed by atoms with Crippen LogP contribution in [0.3, 0.4) is 0 Å². The zero-order valence-electron chi connectivity index (χ0n) is 12.0. The molecule has 1 saturated heterocycles. The van der Waals surface area contributed by atoms with Gasteiger partial charge in [-0.15, -0.1) is 0 Å². The van der Waals surface area contributed by atoms with Crippen LogP contribution in [0.25, 0.3) is 0 Å². The number of likely N-dealkylation sites (N-methyl/N-ethyl adjacent to an activating group) is 1. The number of aliphatic hydroxyl groups is 1. The highest BCUT2D eigenvalue weighted by molar-refractivity contribution is 4.82. The van der Waals surface area contributed by atoms with Crippen molar-refractivity contribution in [1.82, 2.24) is 9.80 Å².